The second-order valence-electron chi connectivity index (χ2n) is 4.25. The van der Waals surface area contributed by atoms with Crippen LogP contribution < -0.4 is 0 Å². The minimum Gasteiger partial charge on any atom is -0.293 e. The monoisotopic (exact) mass is 287 g/mol. The second kappa shape index (κ2) is 4.99. The largest absolute Gasteiger partial charge is 0.293 e. The smallest absolute Gasteiger partial charge is 0.244 e. The van der Waals surface area contributed by atoms with Crippen LogP contribution in [0.25, 0.3) is 0 Å². The van der Waals surface area contributed by atoms with Gasteiger partial charge in [-0.05, 0) is 25.0 Å². The van der Waals surface area contributed by atoms with E-state index >= 15 is 0 Å². The van der Waals surface area contributed by atoms with E-state index in [0.29, 0.717) is 23.4 Å². The van der Waals surface area contributed by atoms with E-state index < -0.39 is 10.0 Å². The van der Waals surface area contributed by atoms with Crippen LogP contribution in [0.2, 0.25) is 0 Å². The third-order valence-corrected chi connectivity index (χ3v) is 5.15. The molecule has 1 aliphatic rings. The van der Waals surface area contributed by atoms with Crippen molar-refractivity contribution in [2.24, 2.45) is 0 Å². The van der Waals surface area contributed by atoms with Crippen molar-refractivity contribution >= 4 is 27.4 Å². The zero-order valence-corrected chi connectivity index (χ0v) is 11.6. The quantitative estimate of drug-likeness (QED) is 0.797. The van der Waals surface area contributed by atoms with Crippen LogP contribution in [-0.2, 0) is 10.0 Å². The summed E-state index contributed by atoms with van der Waals surface area (Å²) in [5.74, 6) is 0.230. The summed E-state index contributed by atoms with van der Waals surface area (Å²) in [5, 5.41) is 0. The number of sulfonamides is 1. The number of halogens is 1. The Kier molecular flexibility index (Phi) is 3.75. The number of fused-ring (bicyclic) bond motifs is 1. The lowest BCUT2D eigenvalue weighted by Gasteiger charge is -2.27. The Morgan fingerprint density at radius 3 is 2.78 bits per heavy atom. The highest BCUT2D eigenvalue weighted by atomic mass is 35.5. The minimum atomic E-state index is -3.56. The van der Waals surface area contributed by atoms with Crippen molar-refractivity contribution in [3.63, 3.8) is 0 Å². The topological polar surface area (TPSA) is 54.5 Å². The molecule has 2 rings (SSSR count). The zero-order chi connectivity index (χ0) is 13.3. The van der Waals surface area contributed by atoms with Gasteiger partial charge in [0.25, 0.3) is 0 Å². The number of Topliss-reactive ketones (excluding diaryl/α,β-unsaturated/α-hetero) is 1. The first-order valence-electron chi connectivity index (χ1n) is 5.67. The molecule has 4 nitrogen and oxygen atoms in total. The summed E-state index contributed by atoms with van der Waals surface area (Å²) in [5.41, 5.74) is 1.04. The van der Waals surface area contributed by atoms with Gasteiger partial charge < -0.3 is 0 Å². The van der Waals surface area contributed by atoms with Gasteiger partial charge in [0.2, 0.25) is 10.0 Å². The fourth-order valence-corrected chi connectivity index (χ4v) is 3.95. The SMILES string of the molecule is Cc1cccc2c1C(=O)CN(CCCCl)S2(=O)=O. The molecule has 0 saturated heterocycles. The Morgan fingerprint density at radius 1 is 1.39 bits per heavy atom. The molecule has 0 N–H and O–H groups in total. The molecule has 98 valence electrons. The van der Waals surface area contributed by atoms with Gasteiger partial charge in [-0.15, -0.1) is 11.6 Å². The first-order chi connectivity index (χ1) is 8.48. The standard InChI is InChI=1S/C12H14ClNO3S/c1-9-4-2-5-11-12(9)10(15)8-14(7-3-6-13)18(11,16)17/h2,4-5H,3,6-8H2,1H3. The van der Waals surface area contributed by atoms with E-state index in [4.69, 9.17) is 11.6 Å². The van der Waals surface area contributed by atoms with Crippen LogP contribution in [0.3, 0.4) is 0 Å². The normalized spacial score (nSPS) is 18.7. The number of nitrogens with zero attached hydrogens (tertiary/aromatic N) is 1. The fourth-order valence-electron chi connectivity index (χ4n) is 2.11. The molecular formula is C12H14ClNO3S. The molecule has 1 aromatic rings. The van der Waals surface area contributed by atoms with E-state index in [1.165, 1.54) is 10.4 Å². The molecular weight excluding hydrogens is 274 g/mol. The molecule has 0 spiro atoms. The summed E-state index contributed by atoms with van der Waals surface area (Å²) in [6.07, 6.45) is 0.537. The summed E-state index contributed by atoms with van der Waals surface area (Å²) in [4.78, 5) is 12.1. The van der Waals surface area contributed by atoms with E-state index in [2.05, 4.69) is 0 Å². The zero-order valence-electron chi connectivity index (χ0n) is 10.0. The van der Waals surface area contributed by atoms with E-state index in [0.717, 1.165) is 0 Å². The minimum absolute atomic E-state index is 0.0862. The molecule has 0 unspecified atom stereocenters. The van der Waals surface area contributed by atoms with Crippen LogP contribution >= 0.6 is 11.6 Å². The Hall–Kier alpha value is -0.910. The highest BCUT2D eigenvalue weighted by Crippen LogP contribution is 2.28. The summed E-state index contributed by atoms with van der Waals surface area (Å²) >= 11 is 5.57. The summed E-state index contributed by atoms with van der Waals surface area (Å²) in [7, 11) is -3.56. The van der Waals surface area contributed by atoms with Crippen molar-refractivity contribution in [3.8, 4) is 0 Å². The van der Waals surface area contributed by atoms with Crippen molar-refractivity contribution in [2.75, 3.05) is 19.0 Å². The van der Waals surface area contributed by atoms with Crippen LogP contribution in [0.5, 0.6) is 0 Å². The van der Waals surface area contributed by atoms with Crippen molar-refractivity contribution < 1.29 is 13.2 Å². The molecule has 0 saturated carbocycles. The first kappa shape index (κ1) is 13.5. The predicted octanol–water partition coefficient (Wildman–Crippen LogP) is 1.81. The third kappa shape index (κ3) is 2.18. The second-order valence-corrected chi connectivity index (χ2v) is 6.54. The lowest BCUT2D eigenvalue weighted by Crippen LogP contribution is -2.41. The Labute approximate surface area is 112 Å². The van der Waals surface area contributed by atoms with E-state index in [-0.39, 0.29) is 23.8 Å². The van der Waals surface area contributed by atoms with Gasteiger partial charge in [-0.3, -0.25) is 4.79 Å². The van der Waals surface area contributed by atoms with Crippen LogP contribution in [0, 0.1) is 6.92 Å². The molecule has 0 aromatic heterocycles. The molecule has 1 heterocycles. The molecule has 0 radical (unpaired) electrons. The number of alkyl halides is 1. The van der Waals surface area contributed by atoms with Crippen LogP contribution in [-0.4, -0.2) is 37.5 Å². The van der Waals surface area contributed by atoms with Crippen LogP contribution in [0.4, 0.5) is 0 Å². The van der Waals surface area contributed by atoms with Gasteiger partial charge in [-0.1, -0.05) is 12.1 Å². The predicted molar refractivity (Wildman–Crippen MR) is 69.6 cm³/mol. The number of rotatable bonds is 3. The van der Waals surface area contributed by atoms with Crippen molar-refractivity contribution in [1.29, 1.82) is 0 Å². The van der Waals surface area contributed by atoms with E-state index in [1.54, 1.807) is 19.1 Å². The van der Waals surface area contributed by atoms with Gasteiger partial charge >= 0.3 is 0 Å². The molecule has 0 amide bonds. The number of hydrogen-bond acceptors (Lipinski definition) is 3. The van der Waals surface area contributed by atoms with Crippen molar-refractivity contribution in [2.45, 2.75) is 18.2 Å². The van der Waals surface area contributed by atoms with Crippen LogP contribution in [0.15, 0.2) is 23.1 Å². The number of ketones is 1. The molecule has 1 aromatic carbocycles. The Balaban J connectivity index is 2.51. The van der Waals surface area contributed by atoms with E-state index in [9.17, 15) is 13.2 Å². The average Bonchev–Trinajstić information content (AvgIpc) is 2.32. The maximum atomic E-state index is 12.3. The van der Waals surface area contributed by atoms with E-state index in [1.807, 2.05) is 0 Å². The van der Waals surface area contributed by atoms with Crippen molar-refractivity contribution in [3.05, 3.63) is 29.3 Å². The summed E-state index contributed by atoms with van der Waals surface area (Å²) in [6, 6.07) is 4.90. The van der Waals surface area contributed by atoms with Gasteiger partial charge in [-0.2, -0.15) is 4.31 Å². The van der Waals surface area contributed by atoms with Gasteiger partial charge in [0, 0.05) is 18.0 Å². The fraction of sp³-hybridized carbons (Fsp3) is 0.417. The molecule has 0 bridgehead atoms. The lowest BCUT2D eigenvalue weighted by atomic mass is 10.0. The summed E-state index contributed by atoms with van der Waals surface area (Å²) < 4.78 is 25.9. The number of carbonyl (C=O) groups is 1. The molecule has 0 aliphatic carbocycles. The number of hydrogen-bond donors (Lipinski definition) is 0. The Bertz CT molecular complexity index is 583. The van der Waals surface area contributed by atoms with Crippen LogP contribution in [0.1, 0.15) is 22.3 Å². The highest BCUT2D eigenvalue weighted by Gasteiger charge is 2.36. The highest BCUT2D eigenvalue weighted by molar-refractivity contribution is 7.89. The third-order valence-electron chi connectivity index (χ3n) is 2.99. The Morgan fingerprint density at radius 2 is 2.11 bits per heavy atom. The molecule has 18 heavy (non-hydrogen) atoms. The van der Waals surface area contributed by atoms with Crippen molar-refractivity contribution in [1.82, 2.24) is 4.31 Å². The van der Waals surface area contributed by atoms with Gasteiger partial charge in [0.1, 0.15) is 0 Å². The van der Waals surface area contributed by atoms with Gasteiger partial charge in [-0.25, -0.2) is 8.42 Å². The first-order valence-corrected chi connectivity index (χ1v) is 7.65. The number of benzene rings is 1. The summed E-state index contributed by atoms with van der Waals surface area (Å²) in [6.45, 7) is 1.95. The van der Waals surface area contributed by atoms with Gasteiger partial charge in [0.15, 0.2) is 5.78 Å². The number of carbonyl (C=O) groups excluding carboxylic acids is 1. The van der Waals surface area contributed by atoms with Gasteiger partial charge in [0.05, 0.1) is 11.4 Å². The lowest BCUT2D eigenvalue weighted by molar-refractivity contribution is 0.0955. The molecule has 0 fully saturated rings. The maximum absolute atomic E-state index is 12.3. The average molecular weight is 288 g/mol. The molecule has 1 aliphatic heterocycles. The maximum Gasteiger partial charge on any atom is 0.244 e. The molecule has 6 heteroatoms. The number of aryl methyl sites for hydroxylation is 1. The molecule has 0 atom stereocenters.